The van der Waals surface area contributed by atoms with E-state index in [1.54, 1.807) is 0 Å². The van der Waals surface area contributed by atoms with Crippen LogP contribution >= 0.6 is 7.75 Å². The van der Waals surface area contributed by atoms with Gasteiger partial charge in [0.05, 0.1) is 12.0 Å². The number of carbonyl (C=O) groups excluding carboxylic acids is 1. The second kappa shape index (κ2) is 8.61. The fraction of sp³-hybridized carbons (Fsp3) is 0.188. The van der Waals surface area contributed by atoms with Crippen molar-refractivity contribution in [2.75, 3.05) is 7.11 Å². The van der Waals surface area contributed by atoms with Gasteiger partial charge in [-0.1, -0.05) is 12.1 Å². The van der Waals surface area contributed by atoms with Crippen molar-refractivity contribution in [3.05, 3.63) is 64.5 Å². The van der Waals surface area contributed by atoms with Gasteiger partial charge in [-0.05, 0) is 31.2 Å². The molecule has 2 aromatic carbocycles. The zero-order chi connectivity index (χ0) is 20.0. The number of methoxy groups -OCH3 is 1. The monoisotopic (exact) mass is 398 g/mol. The highest BCUT2D eigenvalue weighted by Gasteiger charge is 2.34. The number of nitrogens with one attached hydrogen (secondary N) is 1. The molecule has 0 aliphatic rings. The number of esters is 1. The molecular formula is C16H16FN2O7P. The van der Waals surface area contributed by atoms with Gasteiger partial charge < -0.3 is 13.8 Å². The molecule has 0 aliphatic carbocycles. The van der Waals surface area contributed by atoms with Gasteiger partial charge in [0.1, 0.15) is 11.8 Å². The highest BCUT2D eigenvalue weighted by Crippen LogP contribution is 2.46. The third-order valence-corrected chi connectivity index (χ3v) is 4.83. The zero-order valence-electron chi connectivity index (χ0n) is 14.3. The van der Waals surface area contributed by atoms with Crippen LogP contribution in [0.4, 0.5) is 10.1 Å². The molecule has 9 nitrogen and oxygen atoms in total. The maximum atomic E-state index is 13.9. The number of rotatable bonds is 8. The Kier molecular flexibility index (Phi) is 6.49. The number of carbonyl (C=O) groups is 1. The molecule has 144 valence electrons. The Labute approximate surface area is 153 Å². The molecule has 27 heavy (non-hydrogen) atoms. The van der Waals surface area contributed by atoms with Crippen LogP contribution in [0.1, 0.15) is 6.92 Å². The normalized spacial score (nSPS) is 13.9. The smallest absolute Gasteiger partial charge is 0.468 e. The van der Waals surface area contributed by atoms with Crippen molar-refractivity contribution in [1.29, 1.82) is 0 Å². The summed E-state index contributed by atoms with van der Waals surface area (Å²) in [6.07, 6.45) is 0. The molecule has 2 rings (SSSR count). The van der Waals surface area contributed by atoms with Gasteiger partial charge in [0, 0.05) is 12.1 Å². The molecule has 11 heteroatoms. The number of nitrogens with zero attached hydrogens (tertiary/aromatic N) is 1. The molecule has 0 saturated carbocycles. The minimum atomic E-state index is -4.31. The molecular weight excluding hydrogens is 382 g/mol. The van der Waals surface area contributed by atoms with E-state index in [4.69, 9.17) is 9.05 Å². The largest absolute Gasteiger partial charge is 0.513 e. The lowest BCUT2D eigenvalue weighted by Crippen LogP contribution is -2.35. The lowest BCUT2D eigenvalue weighted by atomic mass is 10.3. The fourth-order valence-electron chi connectivity index (χ4n) is 1.95. The van der Waals surface area contributed by atoms with Crippen LogP contribution in [0.2, 0.25) is 0 Å². The predicted molar refractivity (Wildman–Crippen MR) is 93.0 cm³/mol. The van der Waals surface area contributed by atoms with E-state index < -0.39 is 30.5 Å². The minimum absolute atomic E-state index is 0.0511. The topological polar surface area (TPSA) is 117 Å². The number of non-ortho nitro benzene ring substituents is 1. The van der Waals surface area contributed by atoms with E-state index in [1.165, 1.54) is 37.3 Å². The molecule has 0 aliphatic heterocycles. The van der Waals surface area contributed by atoms with Crippen molar-refractivity contribution in [3.63, 3.8) is 0 Å². The average Bonchev–Trinajstić information content (AvgIpc) is 2.63. The van der Waals surface area contributed by atoms with Crippen LogP contribution in [0.25, 0.3) is 0 Å². The first-order valence-corrected chi connectivity index (χ1v) is 9.12. The molecule has 0 heterocycles. The summed E-state index contributed by atoms with van der Waals surface area (Å²) in [6.45, 7) is 1.35. The van der Waals surface area contributed by atoms with E-state index in [2.05, 4.69) is 9.82 Å². The lowest BCUT2D eigenvalue weighted by molar-refractivity contribution is -0.384. The first kappa shape index (κ1) is 20.3. The summed E-state index contributed by atoms with van der Waals surface area (Å²) in [6, 6.07) is 8.73. The van der Waals surface area contributed by atoms with Crippen LogP contribution in [-0.4, -0.2) is 24.0 Å². The van der Waals surface area contributed by atoms with Gasteiger partial charge in [0.25, 0.3) is 5.69 Å². The summed E-state index contributed by atoms with van der Waals surface area (Å²) < 4.78 is 42.0. The standard InChI is InChI=1S/C16H16FN2O7P/c1-11(16(20)24-2)18-27(23,26-15-6-4-3-5-14(15)17)25-13-9-7-12(8-10-13)19(21)22/h3-11H,1-2H3,(H,18,23)/t11-,27?/m0/s1. The van der Waals surface area contributed by atoms with E-state index in [0.29, 0.717) is 0 Å². The zero-order valence-corrected chi connectivity index (χ0v) is 15.2. The second-order valence-electron chi connectivity index (χ2n) is 5.24. The number of halogens is 1. The first-order chi connectivity index (χ1) is 12.7. The van der Waals surface area contributed by atoms with Crippen molar-refractivity contribution in [1.82, 2.24) is 5.09 Å². The number of para-hydroxylation sites is 1. The maximum Gasteiger partial charge on any atom is 0.513 e. The Morgan fingerprint density at radius 1 is 1.19 bits per heavy atom. The van der Waals surface area contributed by atoms with Crippen LogP contribution in [0.3, 0.4) is 0 Å². The third kappa shape index (κ3) is 5.50. The highest BCUT2D eigenvalue weighted by atomic mass is 31.2. The fourth-order valence-corrected chi connectivity index (χ4v) is 3.48. The van der Waals surface area contributed by atoms with E-state index in [9.17, 15) is 23.9 Å². The molecule has 0 amide bonds. The summed E-state index contributed by atoms with van der Waals surface area (Å²) in [7, 11) is -3.17. The number of ether oxygens (including phenoxy) is 1. The Morgan fingerprint density at radius 2 is 1.81 bits per heavy atom. The number of nitro benzene ring substituents is 1. The van der Waals surface area contributed by atoms with Gasteiger partial charge in [-0.15, -0.1) is 0 Å². The summed E-state index contributed by atoms with van der Waals surface area (Å²) in [4.78, 5) is 21.7. The Bertz CT molecular complexity index is 875. The minimum Gasteiger partial charge on any atom is -0.468 e. The van der Waals surface area contributed by atoms with E-state index in [-0.39, 0.29) is 17.2 Å². The molecule has 0 bridgehead atoms. The van der Waals surface area contributed by atoms with Gasteiger partial charge in [-0.25, -0.2) is 8.96 Å². The molecule has 2 aromatic rings. The number of hydrogen-bond acceptors (Lipinski definition) is 7. The van der Waals surface area contributed by atoms with Gasteiger partial charge in [0.15, 0.2) is 11.6 Å². The van der Waals surface area contributed by atoms with Crippen molar-refractivity contribution < 1.29 is 32.5 Å². The molecule has 1 unspecified atom stereocenters. The molecule has 0 saturated heterocycles. The maximum absolute atomic E-state index is 13.9. The van der Waals surface area contributed by atoms with Crippen molar-refractivity contribution in [2.24, 2.45) is 0 Å². The summed E-state index contributed by atoms with van der Waals surface area (Å²) in [5.74, 6) is -1.96. The van der Waals surface area contributed by atoms with E-state index in [0.717, 1.165) is 25.3 Å². The van der Waals surface area contributed by atoms with Crippen LogP contribution in [0.15, 0.2) is 48.5 Å². The number of hydrogen-bond donors (Lipinski definition) is 1. The summed E-state index contributed by atoms with van der Waals surface area (Å²) >= 11 is 0. The first-order valence-electron chi connectivity index (χ1n) is 7.58. The van der Waals surface area contributed by atoms with E-state index >= 15 is 0 Å². The van der Waals surface area contributed by atoms with Crippen LogP contribution in [0.5, 0.6) is 11.5 Å². The van der Waals surface area contributed by atoms with Crippen LogP contribution in [0, 0.1) is 15.9 Å². The van der Waals surface area contributed by atoms with Crippen LogP contribution in [-0.2, 0) is 14.1 Å². The highest BCUT2D eigenvalue weighted by molar-refractivity contribution is 7.52. The second-order valence-corrected chi connectivity index (χ2v) is 6.85. The third-order valence-electron chi connectivity index (χ3n) is 3.23. The molecule has 1 N–H and O–H groups in total. The van der Waals surface area contributed by atoms with Gasteiger partial charge >= 0.3 is 13.7 Å². The van der Waals surface area contributed by atoms with Crippen molar-refractivity contribution in [3.8, 4) is 11.5 Å². The molecule has 0 aromatic heterocycles. The Hall–Kier alpha value is -2.97. The molecule has 2 atom stereocenters. The van der Waals surface area contributed by atoms with E-state index in [1.807, 2.05) is 0 Å². The lowest BCUT2D eigenvalue weighted by Gasteiger charge is -2.22. The Balaban J connectivity index is 2.30. The molecule has 0 radical (unpaired) electrons. The average molecular weight is 398 g/mol. The molecule has 0 spiro atoms. The quantitative estimate of drug-likeness (QED) is 0.311. The SMILES string of the molecule is COC(=O)[C@H](C)NP(=O)(Oc1ccc([N+](=O)[O-])cc1)Oc1ccccc1F. The van der Waals surface area contributed by atoms with Gasteiger partial charge in [-0.3, -0.25) is 14.9 Å². The van der Waals surface area contributed by atoms with Crippen molar-refractivity contribution >= 4 is 19.4 Å². The van der Waals surface area contributed by atoms with Gasteiger partial charge in [-0.2, -0.15) is 5.09 Å². The molecule has 0 fully saturated rings. The van der Waals surface area contributed by atoms with Crippen molar-refractivity contribution in [2.45, 2.75) is 13.0 Å². The Morgan fingerprint density at radius 3 is 2.37 bits per heavy atom. The summed E-state index contributed by atoms with van der Waals surface area (Å²) in [5.41, 5.74) is -0.205. The number of nitro groups is 1. The van der Waals surface area contributed by atoms with Gasteiger partial charge in [0.2, 0.25) is 0 Å². The predicted octanol–water partition coefficient (Wildman–Crippen LogP) is 3.45. The van der Waals surface area contributed by atoms with Crippen LogP contribution < -0.4 is 14.1 Å². The summed E-state index contributed by atoms with van der Waals surface area (Å²) in [5, 5.41) is 13.1. The number of benzene rings is 2.